The summed E-state index contributed by atoms with van der Waals surface area (Å²) < 4.78 is 5.93. The van der Waals surface area contributed by atoms with E-state index in [1.54, 1.807) is 13.8 Å². The Labute approximate surface area is 85.8 Å². The first-order valence-electron chi connectivity index (χ1n) is 4.17. The molecule has 0 aliphatic carbocycles. The molecule has 0 radical (unpaired) electrons. The van der Waals surface area contributed by atoms with E-state index in [2.05, 4.69) is 9.72 Å². The summed E-state index contributed by atoms with van der Waals surface area (Å²) in [5, 5.41) is 10.4. The van der Waals surface area contributed by atoms with E-state index in [0.29, 0.717) is 0 Å². The van der Waals surface area contributed by atoms with Crippen LogP contribution in [0.5, 0.6) is 0 Å². The second-order valence-corrected chi connectivity index (χ2v) is 3.45. The van der Waals surface area contributed by atoms with Crippen molar-refractivity contribution in [3.8, 4) is 0 Å². The van der Waals surface area contributed by atoms with Crippen LogP contribution >= 0.6 is 0 Å². The first-order chi connectivity index (χ1) is 6.89. The number of imidazole rings is 1. The summed E-state index contributed by atoms with van der Waals surface area (Å²) in [5.41, 5.74) is -1.00. The number of nitro groups is 1. The van der Waals surface area contributed by atoms with Gasteiger partial charge in [-0.3, -0.25) is 4.57 Å². The Morgan fingerprint density at radius 3 is 2.67 bits per heavy atom. The highest BCUT2D eigenvalue weighted by Gasteiger charge is 2.32. The molecule has 0 N–H and O–H groups in total. The number of nitrogens with zero attached hydrogens (tertiary/aromatic N) is 3. The maximum absolute atomic E-state index is 11.4. The monoisotopic (exact) mass is 213 g/mol. The Hall–Kier alpha value is -1.92. The van der Waals surface area contributed by atoms with E-state index in [1.807, 2.05) is 0 Å². The lowest BCUT2D eigenvalue weighted by Crippen LogP contribution is -2.35. The number of rotatable bonds is 3. The lowest BCUT2D eigenvalue weighted by atomic mass is 10.1. The summed E-state index contributed by atoms with van der Waals surface area (Å²) in [4.78, 5) is 24.7. The molecule has 0 spiro atoms. The van der Waals surface area contributed by atoms with Gasteiger partial charge in [0.05, 0.1) is 7.11 Å². The van der Waals surface area contributed by atoms with Gasteiger partial charge in [-0.15, -0.1) is 0 Å². The molecule has 15 heavy (non-hydrogen) atoms. The van der Waals surface area contributed by atoms with Crippen molar-refractivity contribution >= 4 is 11.8 Å². The highest BCUT2D eigenvalue weighted by atomic mass is 16.6. The van der Waals surface area contributed by atoms with Gasteiger partial charge in [0, 0.05) is 0 Å². The molecule has 0 aromatic carbocycles. The molecule has 1 heterocycles. The van der Waals surface area contributed by atoms with Crippen LogP contribution in [0.4, 0.5) is 5.82 Å². The van der Waals surface area contributed by atoms with Crippen LogP contribution in [0.2, 0.25) is 0 Å². The van der Waals surface area contributed by atoms with Gasteiger partial charge in [-0.1, -0.05) is 0 Å². The standard InChI is InChI=1S/C8H11N3O4/c1-8(2,7(12)15-3)10-4-6(9-5-10)11(13)14/h4-5H,1-3H3. The van der Waals surface area contributed by atoms with Crippen molar-refractivity contribution in [2.45, 2.75) is 19.4 Å². The van der Waals surface area contributed by atoms with Gasteiger partial charge in [0.15, 0.2) is 0 Å². The Morgan fingerprint density at radius 1 is 1.67 bits per heavy atom. The zero-order chi connectivity index (χ0) is 11.6. The zero-order valence-electron chi connectivity index (χ0n) is 8.63. The predicted octanol–water partition coefficient (Wildman–Crippen LogP) is 0.699. The van der Waals surface area contributed by atoms with E-state index in [0.717, 1.165) is 0 Å². The van der Waals surface area contributed by atoms with Gasteiger partial charge < -0.3 is 14.9 Å². The van der Waals surface area contributed by atoms with Gasteiger partial charge >= 0.3 is 11.8 Å². The highest BCUT2D eigenvalue weighted by Crippen LogP contribution is 2.19. The van der Waals surface area contributed by atoms with E-state index in [9.17, 15) is 14.9 Å². The molecule has 0 saturated heterocycles. The van der Waals surface area contributed by atoms with Crippen LogP contribution in [0, 0.1) is 10.1 Å². The second kappa shape index (κ2) is 3.68. The van der Waals surface area contributed by atoms with Crippen LogP contribution in [0.3, 0.4) is 0 Å². The molecule has 82 valence electrons. The number of hydrogen-bond acceptors (Lipinski definition) is 5. The summed E-state index contributed by atoms with van der Waals surface area (Å²) in [6.07, 6.45) is 2.42. The molecule has 0 atom stereocenters. The lowest BCUT2D eigenvalue weighted by Gasteiger charge is -2.21. The quantitative estimate of drug-likeness (QED) is 0.419. The summed E-state index contributed by atoms with van der Waals surface area (Å²) in [6, 6.07) is 0. The molecule has 0 unspecified atom stereocenters. The molecular formula is C8H11N3O4. The third-order valence-electron chi connectivity index (χ3n) is 2.09. The van der Waals surface area contributed by atoms with E-state index in [1.165, 1.54) is 24.2 Å². The Kier molecular flexibility index (Phi) is 2.74. The molecule has 0 saturated carbocycles. The fraction of sp³-hybridized carbons (Fsp3) is 0.500. The summed E-state index contributed by atoms with van der Waals surface area (Å²) in [7, 11) is 1.26. The third kappa shape index (κ3) is 1.95. The zero-order valence-corrected chi connectivity index (χ0v) is 8.63. The van der Waals surface area contributed by atoms with E-state index in [-0.39, 0.29) is 5.82 Å². The number of hydrogen-bond donors (Lipinski definition) is 0. The minimum absolute atomic E-state index is 0.299. The maximum atomic E-state index is 11.4. The van der Waals surface area contributed by atoms with Crippen LogP contribution < -0.4 is 0 Å². The molecule has 1 aromatic rings. The normalized spacial score (nSPS) is 11.1. The Morgan fingerprint density at radius 2 is 2.27 bits per heavy atom. The van der Waals surface area contributed by atoms with Crippen molar-refractivity contribution < 1.29 is 14.5 Å². The molecule has 1 aromatic heterocycles. The lowest BCUT2D eigenvalue weighted by molar-refractivity contribution is -0.389. The minimum atomic E-state index is -1.00. The van der Waals surface area contributed by atoms with Crippen molar-refractivity contribution in [2.24, 2.45) is 0 Å². The molecular weight excluding hydrogens is 202 g/mol. The van der Waals surface area contributed by atoms with Crippen molar-refractivity contribution in [3.05, 3.63) is 22.6 Å². The Balaban J connectivity index is 3.05. The topological polar surface area (TPSA) is 87.3 Å². The van der Waals surface area contributed by atoms with Crippen LogP contribution in [0.1, 0.15) is 13.8 Å². The number of ether oxygens (including phenoxy) is 1. The van der Waals surface area contributed by atoms with E-state index >= 15 is 0 Å². The van der Waals surface area contributed by atoms with Crippen LogP contribution in [0.25, 0.3) is 0 Å². The molecule has 0 aliphatic heterocycles. The number of methoxy groups -OCH3 is 1. The largest absolute Gasteiger partial charge is 0.467 e. The van der Waals surface area contributed by atoms with Crippen molar-refractivity contribution in [1.82, 2.24) is 9.55 Å². The third-order valence-corrected chi connectivity index (χ3v) is 2.09. The van der Waals surface area contributed by atoms with Gasteiger partial charge in [-0.2, -0.15) is 0 Å². The summed E-state index contributed by atoms with van der Waals surface area (Å²) in [6.45, 7) is 3.18. The van der Waals surface area contributed by atoms with Gasteiger partial charge in [-0.05, 0) is 23.8 Å². The first-order valence-corrected chi connectivity index (χ1v) is 4.17. The fourth-order valence-corrected chi connectivity index (χ4v) is 1.07. The molecule has 0 bridgehead atoms. The molecule has 7 nitrogen and oxygen atoms in total. The van der Waals surface area contributed by atoms with Crippen LogP contribution in [-0.2, 0) is 15.1 Å². The number of carbonyl (C=O) groups excluding carboxylic acids is 1. The molecule has 7 heteroatoms. The number of carbonyl (C=O) groups is 1. The molecule has 0 aliphatic rings. The fourth-order valence-electron chi connectivity index (χ4n) is 1.07. The van der Waals surface area contributed by atoms with Crippen molar-refractivity contribution in [3.63, 3.8) is 0 Å². The molecule has 1 rings (SSSR count). The Bertz CT molecular complexity index is 396. The summed E-state index contributed by atoms with van der Waals surface area (Å²) in [5.74, 6) is -0.790. The van der Waals surface area contributed by atoms with Crippen LogP contribution in [0.15, 0.2) is 12.5 Å². The second-order valence-electron chi connectivity index (χ2n) is 3.45. The van der Waals surface area contributed by atoms with E-state index < -0.39 is 16.4 Å². The summed E-state index contributed by atoms with van der Waals surface area (Å²) >= 11 is 0. The molecule has 0 amide bonds. The van der Waals surface area contributed by atoms with Crippen LogP contribution in [-0.4, -0.2) is 27.6 Å². The predicted molar refractivity (Wildman–Crippen MR) is 50.2 cm³/mol. The van der Waals surface area contributed by atoms with Gasteiger partial charge in [0.1, 0.15) is 11.7 Å². The number of esters is 1. The average molecular weight is 213 g/mol. The minimum Gasteiger partial charge on any atom is -0.467 e. The highest BCUT2D eigenvalue weighted by molar-refractivity contribution is 5.77. The number of aromatic nitrogens is 2. The van der Waals surface area contributed by atoms with Crippen molar-refractivity contribution in [1.29, 1.82) is 0 Å². The smallest absolute Gasteiger partial charge is 0.381 e. The van der Waals surface area contributed by atoms with Crippen molar-refractivity contribution in [2.75, 3.05) is 7.11 Å². The van der Waals surface area contributed by atoms with Gasteiger partial charge in [-0.25, -0.2) is 4.79 Å². The average Bonchev–Trinajstić information content (AvgIpc) is 2.65. The van der Waals surface area contributed by atoms with Gasteiger partial charge in [0.2, 0.25) is 6.33 Å². The van der Waals surface area contributed by atoms with E-state index in [4.69, 9.17) is 0 Å². The maximum Gasteiger partial charge on any atom is 0.381 e. The molecule has 0 fully saturated rings. The van der Waals surface area contributed by atoms with Gasteiger partial charge in [0.25, 0.3) is 0 Å². The SMILES string of the molecule is COC(=O)C(C)(C)n1cnc([N+](=O)[O-])c1. The first kappa shape index (κ1) is 11.2.